The number of ether oxygens (including phenoxy) is 3. The molecule has 1 atom stereocenters. The molecule has 0 radical (unpaired) electrons. The number of rotatable bonds is 6. The minimum Gasteiger partial charge on any atom is -0.454 e. The number of imidazole rings is 1. The Morgan fingerprint density at radius 1 is 1.20 bits per heavy atom. The fraction of sp³-hybridized carbons (Fsp3) is 0.316. The average Bonchev–Trinajstić information content (AvgIpc) is 3.19. The molecule has 6 nitrogen and oxygen atoms in total. The lowest BCUT2D eigenvalue weighted by atomic mass is 10.2. The third-order valence-corrected chi connectivity index (χ3v) is 4.25. The molecule has 130 valence electrons. The summed E-state index contributed by atoms with van der Waals surface area (Å²) in [6.45, 7) is 3.32. The van der Waals surface area contributed by atoms with E-state index in [1.165, 1.54) is 0 Å². The van der Waals surface area contributed by atoms with Crippen LogP contribution < -0.4 is 9.47 Å². The fourth-order valence-corrected chi connectivity index (χ4v) is 3.03. The van der Waals surface area contributed by atoms with E-state index < -0.39 is 6.10 Å². The van der Waals surface area contributed by atoms with Crippen LogP contribution in [0.15, 0.2) is 42.5 Å². The quantitative estimate of drug-likeness (QED) is 0.747. The first-order chi connectivity index (χ1) is 12.2. The number of aryl methyl sites for hydroxylation is 1. The molecule has 0 spiro atoms. The summed E-state index contributed by atoms with van der Waals surface area (Å²) in [7, 11) is 0. The molecule has 0 fully saturated rings. The van der Waals surface area contributed by atoms with E-state index in [0.29, 0.717) is 13.2 Å². The molecule has 1 aliphatic heterocycles. The zero-order valence-electron chi connectivity index (χ0n) is 14.0. The van der Waals surface area contributed by atoms with Gasteiger partial charge >= 0.3 is 0 Å². The van der Waals surface area contributed by atoms with Crippen molar-refractivity contribution < 1.29 is 19.3 Å². The minimum absolute atomic E-state index is 0.250. The topological polar surface area (TPSA) is 65.7 Å². The van der Waals surface area contributed by atoms with Crippen molar-refractivity contribution in [2.24, 2.45) is 0 Å². The second kappa shape index (κ2) is 6.74. The van der Waals surface area contributed by atoms with Crippen molar-refractivity contribution in [3.8, 4) is 11.5 Å². The van der Waals surface area contributed by atoms with Crippen LogP contribution in [0.5, 0.6) is 11.5 Å². The van der Waals surface area contributed by atoms with Crippen molar-refractivity contribution in [3.05, 3.63) is 53.9 Å². The van der Waals surface area contributed by atoms with Crippen molar-refractivity contribution in [1.82, 2.24) is 9.55 Å². The van der Waals surface area contributed by atoms with E-state index in [4.69, 9.17) is 14.2 Å². The van der Waals surface area contributed by atoms with Gasteiger partial charge in [-0.3, -0.25) is 0 Å². The van der Waals surface area contributed by atoms with Crippen LogP contribution in [-0.2, 0) is 17.9 Å². The van der Waals surface area contributed by atoms with Crippen LogP contribution in [0.1, 0.15) is 11.4 Å². The van der Waals surface area contributed by atoms with E-state index in [9.17, 15) is 5.11 Å². The number of aliphatic hydroxyl groups excluding tert-OH is 1. The Labute approximate surface area is 145 Å². The Bertz CT molecular complexity index is 890. The maximum absolute atomic E-state index is 10.3. The van der Waals surface area contributed by atoms with Gasteiger partial charge in [0.15, 0.2) is 11.5 Å². The van der Waals surface area contributed by atoms with Gasteiger partial charge in [-0.25, -0.2) is 4.98 Å². The van der Waals surface area contributed by atoms with Crippen molar-refractivity contribution in [1.29, 1.82) is 0 Å². The molecular formula is C19H20N2O4. The molecule has 1 N–H and O–H groups in total. The second-order valence-electron chi connectivity index (χ2n) is 6.11. The summed E-state index contributed by atoms with van der Waals surface area (Å²) in [4.78, 5) is 4.51. The molecule has 2 aromatic carbocycles. The summed E-state index contributed by atoms with van der Waals surface area (Å²) in [5, 5.41) is 10.3. The Balaban J connectivity index is 1.34. The van der Waals surface area contributed by atoms with Crippen molar-refractivity contribution in [2.75, 3.05) is 13.4 Å². The van der Waals surface area contributed by atoms with Gasteiger partial charge in [0.2, 0.25) is 6.79 Å². The summed E-state index contributed by atoms with van der Waals surface area (Å²) in [5.74, 6) is 2.38. The van der Waals surface area contributed by atoms with Gasteiger partial charge in [0.1, 0.15) is 5.82 Å². The van der Waals surface area contributed by atoms with E-state index in [1.807, 2.05) is 54.0 Å². The molecular weight excluding hydrogens is 320 g/mol. The molecule has 1 aliphatic rings. The summed E-state index contributed by atoms with van der Waals surface area (Å²) in [6, 6.07) is 13.6. The first-order valence-electron chi connectivity index (χ1n) is 8.27. The van der Waals surface area contributed by atoms with Crippen LogP contribution in [0.4, 0.5) is 0 Å². The SMILES string of the molecule is Cc1nc2ccccc2n1C[C@H](O)COCc1ccc2c(c1)OCO2. The van der Waals surface area contributed by atoms with Crippen molar-refractivity contribution in [3.63, 3.8) is 0 Å². The highest BCUT2D eigenvalue weighted by molar-refractivity contribution is 5.75. The maximum atomic E-state index is 10.3. The molecule has 3 aromatic rings. The van der Waals surface area contributed by atoms with Gasteiger partial charge in [-0.1, -0.05) is 18.2 Å². The van der Waals surface area contributed by atoms with Gasteiger partial charge in [-0.05, 0) is 36.8 Å². The summed E-state index contributed by atoms with van der Waals surface area (Å²) >= 11 is 0. The Kier molecular flexibility index (Phi) is 4.29. The lowest BCUT2D eigenvalue weighted by Crippen LogP contribution is -2.22. The molecule has 25 heavy (non-hydrogen) atoms. The monoisotopic (exact) mass is 340 g/mol. The molecule has 2 heterocycles. The standard InChI is InChI=1S/C19H20N2O4/c1-13-20-16-4-2-3-5-17(16)21(13)9-15(22)11-23-10-14-6-7-18-19(8-14)25-12-24-18/h2-8,15,22H,9-12H2,1H3/t15-/m0/s1. The Morgan fingerprint density at radius 2 is 2.04 bits per heavy atom. The largest absolute Gasteiger partial charge is 0.454 e. The summed E-state index contributed by atoms with van der Waals surface area (Å²) < 4.78 is 18.3. The van der Waals surface area contributed by atoms with Crippen molar-refractivity contribution in [2.45, 2.75) is 26.2 Å². The molecule has 0 unspecified atom stereocenters. The molecule has 0 amide bonds. The molecule has 4 rings (SSSR count). The van der Waals surface area contributed by atoms with Gasteiger partial charge in [-0.15, -0.1) is 0 Å². The normalized spacial score (nSPS) is 14.2. The van der Waals surface area contributed by atoms with Gasteiger partial charge in [0.05, 0.1) is 36.9 Å². The van der Waals surface area contributed by atoms with Crippen molar-refractivity contribution >= 4 is 11.0 Å². The highest BCUT2D eigenvalue weighted by Gasteiger charge is 2.14. The number of nitrogens with zero attached hydrogens (tertiary/aromatic N) is 2. The molecule has 0 saturated carbocycles. The second-order valence-corrected chi connectivity index (χ2v) is 6.11. The Morgan fingerprint density at radius 3 is 2.96 bits per heavy atom. The van der Waals surface area contributed by atoms with E-state index in [-0.39, 0.29) is 13.4 Å². The van der Waals surface area contributed by atoms with Crippen LogP contribution in [0.3, 0.4) is 0 Å². The summed E-state index contributed by atoms with van der Waals surface area (Å²) in [6.07, 6.45) is -0.606. The number of aliphatic hydroxyl groups is 1. The van der Waals surface area contributed by atoms with E-state index in [2.05, 4.69) is 4.98 Å². The van der Waals surface area contributed by atoms with Crippen LogP contribution in [0.2, 0.25) is 0 Å². The molecule has 0 bridgehead atoms. The third-order valence-electron chi connectivity index (χ3n) is 4.25. The van der Waals surface area contributed by atoms with Crippen LogP contribution >= 0.6 is 0 Å². The highest BCUT2D eigenvalue weighted by Crippen LogP contribution is 2.32. The first kappa shape index (κ1) is 15.9. The Hall–Kier alpha value is -2.57. The zero-order valence-corrected chi connectivity index (χ0v) is 14.0. The average molecular weight is 340 g/mol. The first-order valence-corrected chi connectivity index (χ1v) is 8.27. The molecule has 6 heteroatoms. The van der Waals surface area contributed by atoms with E-state index in [0.717, 1.165) is 33.9 Å². The van der Waals surface area contributed by atoms with E-state index in [1.54, 1.807) is 0 Å². The van der Waals surface area contributed by atoms with Crippen LogP contribution in [0, 0.1) is 6.92 Å². The number of fused-ring (bicyclic) bond motifs is 2. The predicted molar refractivity (Wildman–Crippen MR) is 92.7 cm³/mol. The molecule has 0 saturated heterocycles. The highest BCUT2D eigenvalue weighted by atomic mass is 16.7. The summed E-state index contributed by atoms with van der Waals surface area (Å²) in [5.41, 5.74) is 2.95. The third kappa shape index (κ3) is 3.31. The van der Waals surface area contributed by atoms with Gasteiger partial charge in [-0.2, -0.15) is 0 Å². The fourth-order valence-electron chi connectivity index (χ4n) is 3.03. The smallest absolute Gasteiger partial charge is 0.231 e. The van der Waals surface area contributed by atoms with Crippen LogP contribution in [0.25, 0.3) is 11.0 Å². The molecule has 1 aromatic heterocycles. The lowest BCUT2D eigenvalue weighted by Gasteiger charge is -2.14. The van der Waals surface area contributed by atoms with Crippen LogP contribution in [-0.4, -0.2) is 34.2 Å². The van der Waals surface area contributed by atoms with Gasteiger partial charge in [0, 0.05) is 0 Å². The number of benzene rings is 2. The van der Waals surface area contributed by atoms with Gasteiger partial charge < -0.3 is 23.9 Å². The van der Waals surface area contributed by atoms with E-state index >= 15 is 0 Å². The predicted octanol–water partition coefficient (Wildman–Crippen LogP) is 2.65. The maximum Gasteiger partial charge on any atom is 0.231 e. The number of hydrogen-bond acceptors (Lipinski definition) is 5. The molecule has 0 aliphatic carbocycles. The van der Waals surface area contributed by atoms with Gasteiger partial charge in [0.25, 0.3) is 0 Å². The lowest BCUT2D eigenvalue weighted by molar-refractivity contribution is 0.0206. The number of para-hydroxylation sites is 2. The zero-order chi connectivity index (χ0) is 17.2. The number of aromatic nitrogens is 2. The minimum atomic E-state index is -0.606. The number of hydrogen-bond donors (Lipinski definition) is 1.